The molecule has 0 atom stereocenters. The molecule has 0 saturated carbocycles. The molecule has 0 bridgehead atoms. The summed E-state index contributed by atoms with van der Waals surface area (Å²) < 4.78 is 43.2. The van der Waals surface area contributed by atoms with Crippen molar-refractivity contribution in [1.82, 2.24) is 10.1 Å². The zero-order chi connectivity index (χ0) is 21.2. The van der Waals surface area contributed by atoms with Gasteiger partial charge in [0.2, 0.25) is 0 Å². The van der Waals surface area contributed by atoms with E-state index in [0.717, 1.165) is 42.5 Å². The van der Waals surface area contributed by atoms with Gasteiger partial charge in [0, 0.05) is 10.5 Å². The van der Waals surface area contributed by atoms with E-state index in [0.29, 0.717) is 22.6 Å². The van der Waals surface area contributed by atoms with E-state index in [1.54, 1.807) is 0 Å². The molecule has 29 heavy (non-hydrogen) atoms. The molecule has 0 saturated heterocycles. The number of carbonyl (C=O) groups excluding carboxylic acids is 1. The van der Waals surface area contributed by atoms with Gasteiger partial charge < -0.3 is 20.1 Å². The quantitative estimate of drug-likeness (QED) is 0.650. The number of nitrogens with one attached hydrogen (secondary N) is 1. The van der Waals surface area contributed by atoms with Gasteiger partial charge in [0.15, 0.2) is 0 Å². The highest BCUT2D eigenvalue weighted by atomic mass is 32.1. The Hall–Kier alpha value is -2.89. The number of nitrogens with zero attached hydrogens (tertiary/aromatic N) is 2. The van der Waals surface area contributed by atoms with Crippen molar-refractivity contribution in [3.63, 3.8) is 0 Å². The van der Waals surface area contributed by atoms with E-state index in [1.807, 2.05) is 6.08 Å². The van der Waals surface area contributed by atoms with Gasteiger partial charge in [-0.1, -0.05) is 11.2 Å². The lowest BCUT2D eigenvalue weighted by Gasteiger charge is -2.06. The van der Waals surface area contributed by atoms with Crippen molar-refractivity contribution in [3.05, 3.63) is 27.9 Å². The minimum Gasteiger partial charge on any atom is -0.450 e. The Bertz CT molecular complexity index is 960. The van der Waals surface area contributed by atoms with Gasteiger partial charge in [0.1, 0.15) is 5.00 Å². The molecular weight excluding hydrogens is 415 g/mol. The Labute approximate surface area is 166 Å². The van der Waals surface area contributed by atoms with Crippen LogP contribution >= 0.6 is 11.3 Å². The number of aryl methyl sites for hydroxylation is 1. The third-order valence-corrected chi connectivity index (χ3v) is 5.58. The van der Waals surface area contributed by atoms with Gasteiger partial charge in [-0.2, -0.15) is 18.2 Å². The van der Waals surface area contributed by atoms with E-state index in [9.17, 15) is 18.0 Å². The molecule has 4 rings (SSSR count). The third kappa shape index (κ3) is 4.75. The van der Waals surface area contributed by atoms with Gasteiger partial charge in [-0.3, -0.25) is 4.79 Å². The van der Waals surface area contributed by atoms with Crippen LogP contribution in [-0.4, -0.2) is 32.4 Å². The molecule has 3 N–H and O–H groups in total. The molecule has 2 heterocycles. The number of halogens is 3. The van der Waals surface area contributed by atoms with Gasteiger partial charge in [-0.25, -0.2) is 4.79 Å². The first-order valence-electron chi connectivity index (χ1n) is 8.65. The molecular formula is C17H16F3N3O5S. The van der Waals surface area contributed by atoms with Gasteiger partial charge in [0.05, 0.1) is 5.56 Å². The molecule has 2 aromatic heterocycles. The second kappa shape index (κ2) is 8.23. The lowest BCUT2D eigenvalue weighted by molar-refractivity contribution is -0.146. The van der Waals surface area contributed by atoms with Gasteiger partial charge >= 0.3 is 12.3 Å². The number of anilines is 1. The zero-order valence-corrected chi connectivity index (χ0v) is 15.7. The van der Waals surface area contributed by atoms with Crippen LogP contribution in [0.4, 0.5) is 23.0 Å². The molecule has 2 aliphatic rings. The van der Waals surface area contributed by atoms with Crippen molar-refractivity contribution < 1.29 is 37.5 Å². The summed E-state index contributed by atoms with van der Waals surface area (Å²) in [6.07, 6.45) is 0.405. The number of hydrogen-bond donors (Lipinski definition) is 3. The lowest BCUT2D eigenvalue weighted by atomic mass is 10.1. The van der Waals surface area contributed by atoms with Gasteiger partial charge in [0.25, 0.3) is 17.6 Å². The summed E-state index contributed by atoms with van der Waals surface area (Å²) in [6, 6.07) is 0. The number of amides is 1. The molecule has 2 aromatic rings. The number of fused-ring (bicyclic) bond motifs is 1. The molecule has 8 nitrogen and oxygen atoms in total. The summed E-state index contributed by atoms with van der Waals surface area (Å²) in [5.41, 5.74) is 2.05. The van der Waals surface area contributed by atoms with Crippen LogP contribution in [0.3, 0.4) is 0 Å². The third-order valence-electron chi connectivity index (χ3n) is 4.37. The first-order valence-corrected chi connectivity index (χ1v) is 9.46. The van der Waals surface area contributed by atoms with Gasteiger partial charge in [-0.15, -0.1) is 11.3 Å². The monoisotopic (exact) mass is 431 g/mol. The normalized spacial score (nSPS) is 15.3. The molecule has 0 radical (unpaired) electrons. The van der Waals surface area contributed by atoms with Crippen molar-refractivity contribution in [2.45, 2.75) is 44.7 Å². The largest absolute Gasteiger partial charge is 0.503 e. The number of alkyl halides is 3. The molecule has 0 aliphatic heterocycles. The Kier molecular flexibility index (Phi) is 5.91. The minimum atomic E-state index is -4.67. The van der Waals surface area contributed by atoms with Crippen LogP contribution in [-0.2, 0) is 23.8 Å². The highest BCUT2D eigenvalue weighted by Gasteiger charge is 2.38. The van der Waals surface area contributed by atoms with Crippen molar-refractivity contribution in [3.8, 4) is 11.5 Å². The summed E-state index contributed by atoms with van der Waals surface area (Å²) in [7, 11) is 0. The maximum atomic E-state index is 12.8. The van der Waals surface area contributed by atoms with Crippen LogP contribution in [0.1, 0.15) is 41.9 Å². The number of aromatic nitrogens is 2. The first kappa shape index (κ1) is 20.8. The van der Waals surface area contributed by atoms with Crippen molar-refractivity contribution >= 4 is 28.4 Å². The van der Waals surface area contributed by atoms with Gasteiger partial charge in [-0.05, 0) is 44.1 Å². The summed E-state index contributed by atoms with van der Waals surface area (Å²) in [5, 5.41) is 20.3. The summed E-state index contributed by atoms with van der Waals surface area (Å²) in [4.78, 5) is 25.5. The van der Waals surface area contributed by atoms with E-state index in [-0.39, 0.29) is 11.8 Å². The lowest BCUT2D eigenvalue weighted by Crippen LogP contribution is -2.13. The highest BCUT2D eigenvalue weighted by Crippen LogP contribution is 2.45. The molecule has 1 amide bonds. The molecule has 0 fully saturated rings. The predicted octanol–water partition coefficient (Wildman–Crippen LogP) is 4.58. The number of thiophene rings is 1. The molecule has 0 aromatic carbocycles. The Morgan fingerprint density at radius 2 is 1.90 bits per heavy atom. The second-order valence-corrected chi connectivity index (χ2v) is 7.45. The van der Waals surface area contributed by atoms with E-state index >= 15 is 0 Å². The Morgan fingerprint density at radius 3 is 2.48 bits per heavy atom. The Morgan fingerprint density at radius 1 is 1.17 bits per heavy atom. The molecule has 0 spiro atoms. The summed E-state index contributed by atoms with van der Waals surface area (Å²) in [5.74, 6) is -1.71. The molecule has 12 heteroatoms. The number of rotatable bonds is 3. The zero-order valence-electron chi connectivity index (χ0n) is 14.9. The number of carboxylic acid groups (broad SMARTS) is 2. The summed E-state index contributed by atoms with van der Waals surface area (Å²) >= 11 is 1.38. The fourth-order valence-corrected chi connectivity index (χ4v) is 4.50. The topological polar surface area (TPSA) is 126 Å². The standard InChI is InChI=1S/C16H14F3N3O2S.CH2O3/c17-16(18,19)15-21-13(24-22-15)11-9-6-3-7-10(9)25-14(11)20-12(23)8-4-1-2-5-8;2-1(3)4/h4H,1-3,5-7H2,(H,20,23);(H2,2,3,4). The molecule has 156 valence electrons. The van der Waals surface area contributed by atoms with Crippen LogP contribution in [0, 0.1) is 0 Å². The average molecular weight is 431 g/mol. The Balaban J connectivity index is 0.000000552. The van der Waals surface area contributed by atoms with E-state index in [1.165, 1.54) is 11.3 Å². The fourth-order valence-electron chi connectivity index (χ4n) is 3.22. The first-order chi connectivity index (χ1) is 13.7. The average Bonchev–Trinajstić information content (AvgIpc) is 3.37. The van der Waals surface area contributed by atoms with E-state index < -0.39 is 18.2 Å². The van der Waals surface area contributed by atoms with Crippen LogP contribution < -0.4 is 5.32 Å². The van der Waals surface area contributed by atoms with Crippen LogP contribution in [0.15, 0.2) is 16.2 Å². The number of hydrogen-bond acceptors (Lipinski definition) is 6. The van der Waals surface area contributed by atoms with Crippen LogP contribution in [0.5, 0.6) is 0 Å². The van der Waals surface area contributed by atoms with E-state index in [4.69, 9.17) is 19.5 Å². The maximum absolute atomic E-state index is 12.8. The predicted molar refractivity (Wildman–Crippen MR) is 95.9 cm³/mol. The second-order valence-electron chi connectivity index (χ2n) is 6.34. The van der Waals surface area contributed by atoms with Crippen LogP contribution in [0.2, 0.25) is 0 Å². The smallest absolute Gasteiger partial charge is 0.450 e. The SMILES string of the molecule is O=C(Nc1sc2c(c1-c1nc(C(F)(F)F)no1)CCC2)C1=CCCC1.O=C(O)O. The highest BCUT2D eigenvalue weighted by molar-refractivity contribution is 7.17. The number of carbonyl (C=O) groups is 2. The fraction of sp³-hybridized carbons (Fsp3) is 0.412. The van der Waals surface area contributed by atoms with Crippen molar-refractivity contribution in [2.24, 2.45) is 0 Å². The maximum Gasteiger partial charge on any atom is 0.503 e. The molecule has 0 unspecified atom stereocenters. The molecule has 2 aliphatic carbocycles. The van der Waals surface area contributed by atoms with Crippen LogP contribution in [0.25, 0.3) is 11.5 Å². The number of allylic oxidation sites excluding steroid dienone is 1. The summed E-state index contributed by atoms with van der Waals surface area (Å²) in [6.45, 7) is 0. The van der Waals surface area contributed by atoms with Crippen molar-refractivity contribution in [2.75, 3.05) is 5.32 Å². The minimum absolute atomic E-state index is 0.192. The van der Waals surface area contributed by atoms with Crippen molar-refractivity contribution in [1.29, 1.82) is 0 Å². The van der Waals surface area contributed by atoms with E-state index in [2.05, 4.69) is 15.5 Å².